The number of allylic oxidation sites excluding steroid dienone is 2. The Hall–Kier alpha value is -1.29. The summed E-state index contributed by atoms with van der Waals surface area (Å²) in [6, 6.07) is 3.74. The zero-order valence-electron chi connectivity index (χ0n) is 12.0. The molecule has 3 rings (SSSR count). The second kappa shape index (κ2) is 5.60. The first-order valence-electron chi connectivity index (χ1n) is 7.13. The molecule has 106 valence electrons. The van der Waals surface area contributed by atoms with E-state index in [0.29, 0.717) is 11.8 Å². The number of fused-ring (bicyclic) bond motifs is 1. The van der Waals surface area contributed by atoms with E-state index in [-0.39, 0.29) is 5.91 Å². The Labute approximate surface area is 124 Å². The maximum absolute atomic E-state index is 12.7. The molecule has 0 N–H and O–H groups in total. The van der Waals surface area contributed by atoms with Crippen molar-refractivity contribution < 1.29 is 4.79 Å². The van der Waals surface area contributed by atoms with Gasteiger partial charge in [-0.3, -0.25) is 4.79 Å². The summed E-state index contributed by atoms with van der Waals surface area (Å²) in [7, 11) is 0. The van der Waals surface area contributed by atoms with Crippen molar-refractivity contribution >= 4 is 17.7 Å². The van der Waals surface area contributed by atoms with Crippen molar-refractivity contribution in [3.05, 3.63) is 35.5 Å². The predicted octanol–water partition coefficient (Wildman–Crippen LogP) is 3.23. The molecule has 0 unspecified atom stereocenters. The molecule has 1 aliphatic heterocycles. The van der Waals surface area contributed by atoms with Gasteiger partial charge in [-0.05, 0) is 50.0 Å². The zero-order chi connectivity index (χ0) is 14.1. The number of pyridine rings is 1. The van der Waals surface area contributed by atoms with Crippen LogP contribution in [0.2, 0.25) is 0 Å². The van der Waals surface area contributed by atoms with Crippen molar-refractivity contribution in [3.8, 4) is 0 Å². The van der Waals surface area contributed by atoms with Gasteiger partial charge in [0.05, 0.1) is 5.56 Å². The van der Waals surface area contributed by atoms with E-state index in [4.69, 9.17) is 0 Å². The van der Waals surface area contributed by atoms with Crippen molar-refractivity contribution in [2.75, 3.05) is 19.3 Å². The highest BCUT2D eigenvalue weighted by Crippen LogP contribution is 2.36. The molecule has 1 aromatic rings. The van der Waals surface area contributed by atoms with Crippen LogP contribution in [-0.2, 0) is 0 Å². The van der Waals surface area contributed by atoms with Crippen molar-refractivity contribution in [2.24, 2.45) is 11.8 Å². The Bertz CT molecular complexity index is 555. The lowest BCUT2D eigenvalue weighted by Crippen LogP contribution is -2.29. The first-order chi connectivity index (χ1) is 9.69. The van der Waals surface area contributed by atoms with Crippen molar-refractivity contribution in [3.63, 3.8) is 0 Å². The average molecular weight is 288 g/mol. The molecule has 0 aromatic carbocycles. The number of likely N-dealkylation sites (tertiary alicyclic amines) is 1. The van der Waals surface area contributed by atoms with E-state index >= 15 is 0 Å². The van der Waals surface area contributed by atoms with E-state index in [1.165, 1.54) is 17.3 Å². The van der Waals surface area contributed by atoms with E-state index in [2.05, 4.69) is 18.0 Å². The van der Waals surface area contributed by atoms with Crippen LogP contribution in [0.4, 0.5) is 0 Å². The van der Waals surface area contributed by atoms with Gasteiger partial charge in [-0.2, -0.15) is 0 Å². The first kappa shape index (κ1) is 13.7. The van der Waals surface area contributed by atoms with Gasteiger partial charge in [0.1, 0.15) is 5.03 Å². The maximum Gasteiger partial charge on any atom is 0.256 e. The van der Waals surface area contributed by atoms with E-state index in [9.17, 15) is 4.79 Å². The molecule has 0 spiro atoms. The molecule has 1 aromatic heterocycles. The Morgan fingerprint density at radius 1 is 1.40 bits per heavy atom. The van der Waals surface area contributed by atoms with Crippen molar-refractivity contribution in [2.45, 2.75) is 24.8 Å². The summed E-state index contributed by atoms with van der Waals surface area (Å²) in [5.74, 6) is 1.45. The molecule has 0 bridgehead atoms. The number of rotatable bonds is 2. The molecule has 1 saturated heterocycles. The molecule has 4 heteroatoms. The summed E-state index contributed by atoms with van der Waals surface area (Å²) in [6.45, 7) is 4.00. The topological polar surface area (TPSA) is 33.2 Å². The third-order valence-electron chi connectivity index (χ3n) is 4.41. The molecule has 1 fully saturated rings. The summed E-state index contributed by atoms with van der Waals surface area (Å²) in [4.78, 5) is 19.0. The van der Waals surface area contributed by atoms with Crippen LogP contribution in [-0.4, -0.2) is 35.1 Å². The van der Waals surface area contributed by atoms with Crippen molar-refractivity contribution in [1.29, 1.82) is 0 Å². The molecule has 20 heavy (non-hydrogen) atoms. The highest BCUT2D eigenvalue weighted by Gasteiger charge is 2.36. The van der Waals surface area contributed by atoms with Gasteiger partial charge in [-0.1, -0.05) is 11.6 Å². The Kier molecular flexibility index (Phi) is 3.83. The summed E-state index contributed by atoms with van der Waals surface area (Å²) in [5, 5.41) is 0.835. The van der Waals surface area contributed by atoms with Gasteiger partial charge in [0.25, 0.3) is 5.91 Å². The highest BCUT2D eigenvalue weighted by atomic mass is 32.2. The fourth-order valence-corrected chi connectivity index (χ4v) is 3.88. The Morgan fingerprint density at radius 3 is 3.00 bits per heavy atom. The minimum Gasteiger partial charge on any atom is -0.338 e. The third-order valence-corrected chi connectivity index (χ3v) is 5.12. The number of nitrogens with zero attached hydrogens (tertiary/aromatic N) is 2. The Balaban J connectivity index is 1.77. The SMILES string of the molecule is CSc1ncccc1C(=O)N1C[C@H]2CC(C)=CC[C@H]2C1. The normalized spacial score (nSPS) is 25.3. The maximum atomic E-state index is 12.7. The van der Waals surface area contributed by atoms with Crippen LogP contribution in [0.3, 0.4) is 0 Å². The van der Waals surface area contributed by atoms with Gasteiger partial charge < -0.3 is 4.90 Å². The molecule has 1 aliphatic carbocycles. The van der Waals surface area contributed by atoms with Crippen LogP contribution in [0.1, 0.15) is 30.1 Å². The predicted molar refractivity (Wildman–Crippen MR) is 81.9 cm³/mol. The number of hydrogen-bond acceptors (Lipinski definition) is 3. The standard InChI is InChI=1S/C16H20N2OS/c1-11-5-6-12-9-18(10-13(12)8-11)16(19)14-4-3-7-17-15(14)20-2/h3-5,7,12-13H,6,8-10H2,1-2H3/t12-,13+/m0/s1. The molecule has 0 radical (unpaired) electrons. The van der Waals surface area contributed by atoms with Gasteiger partial charge in [-0.25, -0.2) is 4.98 Å². The third kappa shape index (κ3) is 2.49. The zero-order valence-corrected chi connectivity index (χ0v) is 12.8. The molecular formula is C16H20N2OS. The van der Waals surface area contributed by atoms with Gasteiger partial charge in [0.2, 0.25) is 0 Å². The summed E-state index contributed by atoms with van der Waals surface area (Å²) in [5.41, 5.74) is 2.23. The second-order valence-electron chi connectivity index (χ2n) is 5.78. The molecule has 2 atom stereocenters. The summed E-state index contributed by atoms with van der Waals surface area (Å²) < 4.78 is 0. The van der Waals surface area contributed by atoms with Crippen molar-refractivity contribution in [1.82, 2.24) is 9.88 Å². The Morgan fingerprint density at radius 2 is 2.20 bits per heavy atom. The van der Waals surface area contributed by atoms with Gasteiger partial charge >= 0.3 is 0 Å². The molecule has 0 saturated carbocycles. The number of carbonyl (C=O) groups is 1. The van der Waals surface area contributed by atoms with Gasteiger partial charge in [0, 0.05) is 19.3 Å². The smallest absolute Gasteiger partial charge is 0.256 e. The largest absolute Gasteiger partial charge is 0.338 e. The quantitative estimate of drug-likeness (QED) is 0.619. The van der Waals surface area contributed by atoms with Crippen LogP contribution < -0.4 is 0 Å². The van der Waals surface area contributed by atoms with Gasteiger partial charge in [0.15, 0.2) is 0 Å². The molecule has 3 nitrogen and oxygen atoms in total. The fourth-order valence-electron chi connectivity index (χ4n) is 3.34. The first-order valence-corrected chi connectivity index (χ1v) is 8.35. The molecular weight excluding hydrogens is 268 g/mol. The van der Waals surface area contributed by atoms with Crippen LogP contribution in [0.5, 0.6) is 0 Å². The molecule has 2 heterocycles. The lowest BCUT2D eigenvalue weighted by molar-refractivity contribution is 0.0780. The van der Waals surface area contributed by atoms with Crippen LogP contribution in [0, 0.1) is 11.8 Å². The summed E-state index contributed by atoms with van der Waals surface area (Å²) in [6.07, 6.45) is 8.34. The van der Waals surface area contributed by atoms with Gasteiger partial charge in [-0.15, -0.1) is 11.8 Å². The van der Waals surface area contributed by atoms with E-state index in [1.54, 1.807) is 6.20 Å². The van der Waals surface area contributed by atoms with Crippen LogP contribution >= 0.6 is 11.8 Å². The lowest BCUT2D eigenvalue weighted by atomic mass is 9.83. The monoisotopic (exact) mass is 288 g/mol. The van der Waals surface area contributed by atoms with E-state index in [0.717, 1.165) is 36.5 Å². The van der Waals surface area contributed by atoms with E-state index < -0.39 is 0 Å². The van der Waals surface area contributed by atoms with E-state index in [1.807, 2.05) is 23.3 Å². The van der Waals surface area contributed by atoms with Crippen LogP contribution in [0.25, 0.3) is 0 Å². The summed E-state index contributed by atoms with van der Waals surface area (Å²) >= 11 is 1.54. The number of aromatic nitrogens is 1. The molecule has 1 amide bonds. The number of hydrogen-bond donors (Lipinski definition) is 0. The average Bonchev–Trinajstić information content (AvgIpc) is 2.89. The fraction of sp³-hybridized carbons (Fsp3) is 0.500. The minimum absolute atomic E-state index is 0.148. The number of carbonyl (C=O) groups excluding carboxylic acids is 1. The molecule has 2 aliphatic rings. The van der Waals surface area contributed by atoms with Crippen LogP contribution in [0.15, 0.2) is 35.0 Å². The number of amides is 1. The highest BCUT2D eigenvalue weighted by molar-refractivity contribution is 7.98. The number of thioether (sulfide) groups is 1. The second-order valence-corrected chi connectivity index (χ2v) is 6.58. The minimum atomic E-state index is 0.148. The lowest BCUT2D eigenvalue weighted by Gasteiger charge is -2.21.